The summed E-state index contributed by atoms with van der Waals surface area (Å²) in [6, 6.07) is 3.83. The van der Waals surface area contributed by atoms with Crippen LogP contribution in [0.15, 0.2) is 18.2 Å². The minimum Gasteiger partial charge on any atom is -0.375 e. The number of likely N-dealkylation sites (N-methyl/N-ethyl adjacent to an activating group) is 1. The predicted molar refractivity (Wildman–Crippen MR) is 65.7 cm³/mol. The molecule has 1 N–H and O–H groups in total. The van der Waals surface area contributed by atoms with E-state index in [0.717, 1.165) is 16.3 Å². The maximum Gasteiger partial charge on any atom is 0.149 e. The average Bonchev–Trinajstić information content (AvgIpc) is 2.65. The van der Waals surface area contributed by atoms with Gasteiger partial charge in [0.2, 0.25) is 0 Å². The Hall–Kier alpha value is -1.08. The van der Waals surface area contributed by atoms with Crippen LogP contribution in [-0.2, 0) is 0 Å². The molecule has 1 rings (SSSR count). The number of thiophene rings is 1. The molecular formula is C12H15NOS. The third-order valence-corrected chi connectivity index (χ3v) is 2.93. The van der Waals surface area contributed by atoms with E-state index in [4.69, 9.17) is 6.42 Å². The molecular weight excluding hydrogens is 206 g/mol. The van der Waals surface area contributed by atoms with Crippen LogP contribution in [0.25, 0.3) is 6.08 Å². The van der Waals surface area contributed by atoms with Crippen molar-refractivity contribution >= 4 is 17.4 Å². The first-order chi connectivity index (χ1) is 7.13. The Labute approximate surface area is 94.9 Å². The van der Waals surface area contributed by atoms with E-state index in [1.165, 1.54) is 11.3 Å². The molecule has 3 heteroatoms. The monoisotopic (exact) mass is 221 g/mol. The van der Waals surface area contributed by atoms with Gasteiger partial charge in [-0.15, -0.1) is 17.8 Å². The van der Waals surface area contributed by atoms with Crippen molar-refractivity contribution < 1.29 is 5.11 Å². The minimum atomic E-state index is -0.772. The fourth-order valence-corrected chi connectivity index (χ4v) is 1.96. The van der Waals surface area contributed by atoms with Crippen molar-refractivity contribution in [1.29, 1.82) is 0 Å². The van der Waals surface area contributed by atoms with Gasteiger partial charge >= 0.3 is 0 Å². The van der Waals surface area contributed by atoms with Gasteiger partial charge in [-0.3, -0.25) is 0 Å². The molecule has 1 aromatic heterocycles. The van der Waals surface area contributed by atoms with Gasteiger partial charge in [-0.05, 0) is 32.3 Å². The van der Waals surface area contributed by atoms with Crippen molar-refractivity contribution in [2.24, 2.45) is 0 Å². The summed E-state index contributed by atoms with van der Waals surface area (Å²) in [6.45, 7) is 0.908. The van der Waals surface area contributed by atoms with E-state index in [2.05, 4.69) is 16.9 Å². The van der Waals surface area contributed by atoms with Crippen LogP contribution in [0.4, 0.5) is 0 Å². The highest BCUT2D eigenvalue weighted by atomic mass is 32.1. The van der Waals surface area contributed by atoms with Gasteiger partial charge < -0.3 is 10.0 Å². The zero-order valence-electron chi connectivity index (χ0n) is 8.97. The second-order valence-corrected chi connectivity index (χ2v) is 4.62. The van der Waals surface area contributed by atoms with E-state index in [1.54, 1.807) is 0 Å². The molecule has 0 fully saturated rings. The Bertz CT molecular complexity index is 373. The third kappa shape index (κ3) is 3.88. The summed E-state index contributed by atoms with van der Waals surface area (Å²) in [5.74, 6) is 2.30. The van der Waals surface area contributed by atoms with Crippen molar-refractivity contribution in [3.63, 3.8) is 0 Å². The lowest BCUT2D eigenvalue weighted by atomic mass is 10.3. The van der Waals surface area contributed by atoms with Crippen molar-refractivity contribution in [1.82, 2.24) is 4.90 Å². The number of aliphatic hydroxyl groups is 1. The van der Waals surface area contributed by atoms with Crippen LogP contribution in [0.3, 0.4) is 0 Å². The molecule has 1 unspecified atom stereocenters. The van der Waals surface area contributed by atoms with E-state index in [-0.39, 0.29) is 0 Å². The van der Waals surface area contributed by atoms with Gasteiger partial charge in [0, 0.05) is 16.3 Å². The van der Waals surface area contributed by atoms with Crippen LogP contribution < -0.4 is 0 Å². The molecule has 0 aliphatic rings. The first-order valence-electron chi connectivity index (χ1n) is 4.68. The molecule has 0 radical (unpaired) electrons. The molecule has 0 saturated heterocycles. The SMILES string of the molecule is C#CC(O)c1ccc(/C=C/CN(C)C)s1. The van der Waals surface area contributed by atoms with Crippen molar-refractivity contribution in [2.75, 3.05) is 20.6 Å². The van der Waals surface area contributed by atoms with Crippen molar-refractivity contribution in [3.8, 4) is 12.3 Å². The lowest BCUT2D eigenvalue weighted by Crippen LogP contribution is -2.10. The molecule has 80 valence electrons. The van der Waals surface area contributed by atoms with Gasteiger partial charge in [-0.25, -0.2) is 0 Å². The van der Waals surface area contributed by atoms with E-state index >= 15 is 0 Å². The number of terminal acetylenes is 1. The Kier molecular flexibility index (Phi) is 4.57. The molecule has 0 spiro atoms. The lowest BCUT2D eigenvalue weighted by molar-refractivity contribution is 0.242. The fraction of sp³-hybridized carbons (Fsp3) is 0.333. The number of hydrogen-bond donors (Lipinski definition) is 1. The van der Waals surface area contributed by atoms with E-state index in [0.29, 0.717) is 0 Å². The molecule has 1 heterocycles. The fourth-order valence-electron chi connectivity index (χ4n) is 1.07. The van der Waals surface area contributed by atoms with Gasteiger partial charge in [0.1, 0.15) is 6.10 Å². The van der Waals surface area contributed by atoms with E-state index in [1.807, 2.05) is 32.3 Å². The van der Waals surface area contributed by atoms with Crippen LogP contribution in [-0.4, -0.2) is 30.6 Å². The van der Waals surface area contributed by atoms with Crippen LogP contribution in [0.2, 0.25) is 0 Å². The number of aliphatic hydroxyl groups excluding tert-OH is 1. The Morgan fingerprint density at radius 2 is 2.33 bits per heavy atom. The van der Waals surface area contributed by atoms with Crippen LogP contribution in [0.5, 0.6) is 0 Å². The second-order valence-electron chi connectivity index (χ2n) is 3.47. The van der Waals surface area contributed by atoms with Gasteiger partial charge in [-0.2, -0.15) is 0 Å². The molecule has 2 nitrogen and oxygen atoms in total. The molecule has 15 heavy (non-hydrogen) atoms. The molecule has 0 saturated carbocycles. The Balaban J connectivity index is 2.61. The largest absolute Gasteiger partial charge is 0.375 e. The first-order valence-corrected chi connectivity index (χ1v) is 5.50. The molecule has 0 amide bonds. The van der Waals surface area contributed by atoms with Crippen LogP contribution in [0, 0.1) is 12.3 Å². The zero-order chi connectivity index (χ0) is 11.3. The maximum atomic E-state index is 9.40. The summed E-state index contributed by atoms with van der Waals surface area (Å²) >= 11 is 1.52. The summed E-state index contributed by atoms with van der Waals surface area (Å²) in [5, 5.41) is 9.40. The van der Waals surface area contributed by atoms with Crippen molar-refractivity contribution in [3.05, 3.63) is 28.0 Å². The average molecular weight is 221 g/mol. The summed E-state index contributed by atoms with van der Waals surface area (Å²) < 4.78 is 0. The number of rotatable bonds is 4. The van der Waals surface area contributed by atoms with Crippen LogP contribution in [0.1, 0.15) is 15.9 Å². The van der Waals surface area contributed by atoms with Crippen molar-refractivity contribution in [2.45, 2.75) is 6.10 Å². The lowest BCUT2D eigenvalue weighted by Gasteiger charge is -2.02. The van der Waals surface area contributed by atoms with Gasteiger partial charge in [0.05, 0.1) is 0 Å². The molecule has 0 aliphatic carbocycles. The van der Waals surface area contributed by atoms with E-state index < -0.39 is 6.10 Å². The first kappa shape index (κ1) is 12.0. The number of nitrogens with zero attached hydrogens (tertiary/aromatic N) is 1. The normalized spacial score (nSPS) is 13.3. The molecule has 0 aliphatic heterocycles. The number of hydrogen-bond acceptors (Lipinski definition) is 3. The third-order valence-electron chi connectivity index (χ3n) is 1.83. The topological polar surface area (TPSA) is 23.5 Å². The van der Waals surface area contributed by atoms with Gasteiger partial charge in [0.15, 0.2) is 0 Å². The van der Waals surface area contributed by atoms with E-state index in [9.17, 15) is 5.11 Å². The van der Waals surface area contributed by atoms with Crippen LogP contribution >= 0.6 is 11.3 Å². The molecule has 0 aromatic carbocycles. The zero-order valence-corrected chi connectivity index (χ0v) is 9.79. The molecule has 1 atom stereocenters. The predicted octanol–water partition coefficient (Wildman–Crippen LogP) is 1.99. The standard InChI is InChI=1S/C12H15NOS/c1-4-11(14)12-8-7-10(15-12)6-5-9-13(2)3/h1,5-8,11,14H,9H2,2-3H3/b6-5+. The molecule has 0 bridgehead atoms. The summed E-state index contributed by atoms with van der Waals surface area (Å²) in [5.41, 5.74) is 0. The smallest absolute Gasteiger partial charge is 0.149 e. The Morgan fingerprint density at radius 1 is 1.60 bits per heavy atom. The second kappa shape index (κ2) is 5.72. The summed E-state index contributed by atoms with van der Waals surface area (Å²) in [6.07, 6.45) is 8.48. The highest BCUT2D eigenvalue weighted by molar-refractivity contribution is 7.13. The highest BCUT2D eigenvalue weighted by Gasteiger charge is 2.05. The highest BCUT2D eigenvalue weighted by Crippen LogP contribution is 2.23. The van der Waals surface area contributed by atoms with Gasteiger partial charge in [0.25, 0.3) is 0 Å². The van der Waals surface area contributed by atoms with Gasteiger partial charge in [-0.1, -0.05) is 12.0 Å². The maximum absolute atomic E-state index is 9.40. The Morgan fingerprint density at radius 3 is 2.93 bits per heavy atom. The summed E-state index contributed by atoms with van der Waals surface area (Å²) in [4.78, 5) is 4.02. The molecule has 1 aromatic rings. The summed E-state index contributed by atoms with van der Waals surface area (Å²) in [7, 11) is 4.04. The quantitative estimate of drug-likeness (QED) is 0.786. The minimum absolute atomic E-state index is 0.772.